The molecule has 0 saturated heterocycles. The smallest absolute Gasteiger partial charge is 0.189 e. The van der Waals surface area contributed by atoms with Gasteiger partial charge in [0, 0.05) is 0 Å². The average molecular weight is 230 g/mol. The summed E-state index contributed by atoms with van der Waals surface area (Å²) in [7, 11) is 0. The molecule has 2 unspecified atom stereocenters. The molecule has 0 heterocycles. The lowest BCUT2D eigenvalue weighted by Gasteiger charge is -2.36. The van der Waals surface area contributed by atoms with Gasteiger partial charge in [-0.15, -0.1) is 0 Å². The van der Waals surface area contributed by atoms with Gasteiger partial charge < -0.3 is 14.6 Å². The van der Waals surface area contributed by atoms with E-state index in [9.17, 15) is 5.11 Å². The zero-order valence-electron chi connectivity index (χ0n) is 11.0. The minimum absolute atomic E-state index is 0.108. The zero-order chi connectivity index (χ0) is 12.2. The van der Waals surface area contributed by atoms with Crippen molar-refractivity contribution in [2.45, 2.75) is 83.9 Å². The van der Waals surface area contributed by atoms with E-state index in [-0.39, 0.29) is 18.3 Å². The first-order valence-electron chi connectivity index (χ1n) is 6.47. The molecule has 1 rings (SSSR count). The summed E-state index contributed by atoms with van der Waals surface area (Å²) in [5.41, 5.74) is 0. The van der Waals surface area contributed by atoms with Crippen molar-refractivity contribution in [2.75, 3.05) is 0 Å². The summed E-state index contributed by atoms with van der Waals surface area (Å²) in [6.45, 7) is 7.50. The molecule has 0 aromatic rings. The molecule has 1 saturated carbocycles. The Morgan fingerprint density at radius 3 is 2.19 bits per heavy atom. The maximum Gasteiger partial charge on any atom is 0.189 e. The van der Waals surface area contributed by atoms with Crippen LogP contribution in [0.3, 0.4) is 0 Å². The lowest BCUT2D eigenvalue weighted by Crippen LogP contribution is -2.45. The Hall–Kier alpha value is -0.120. The van der Waals surface area contributed by atoms with Gasteiger partial charge in [-0.3, -0.25) is 0 Å². The van der Waals surface area contributed by atoms with Crippen LogP contribution in [0.4, 0.5) is 0 Å². The van der Waals surface area contributed by atoms with E-state index in [0.29, 0.717) is 0 Å². The van der Waals surface area contributed by atoms with Gasteiger partial charge in [0.25, 0.3) is 0 Å². The highest BCUT2D eigenvalue weighted by molar-refractivity contribution is 4.75. The number of aliphatic hydroxyl groups is 1. The standard InChI is InChI=1S/C13H26O3/c1-10(2)15-11(3)13(4,14)16-12-8-6-5-7-9-12/h10-12,14H,5-9H2,1-4H3. The molecule has 3 nitrogen and oxygen atoms in total. The minimum atomic E-state index is -1.17. The normalized spacial score (nSPS) is 24.4. The van der Waals surface area contributed by atoms with E-state index in [2.05, 4.69) is 0 Å². The van der Waals surface area contributed by atoms with Crippen LogP contribution in [0.5, 0.6) is 0 Å². The molecule has 1 fully saturated rings. The summed E-state index contributed by atoms with van der Waals surface area (Å²) in [6.07, 6.45) is 5.84. The molecule has 0 radical (unpaired) electrons. The van der Waals surface area contributed by atoms with Crippen molar-refractivity contribution in [3.63, 3.8) is 0 Å². The molecule has 96 valence electrons. The molecule has 1 aliphatic carbocycles. The fourth-order valence-electron chi connectivity index (χ4n) is 2.15. The van der Waals surface area contributed by atoms with E-state index in [1.54, 1.807) is 6.92 Å². The second-order valence-electron chi connectivity index (χ2n) is 5.26. The molecule has 2 atom stereocenters. The molecule has 16 heavy (non-hydrogen) atoms. The maximum absolute atomic E-state index is 10.2. The predicted molar refractivity (Wildman–Crippen MR) is 64.3 cm³/mol. The first-order chi connectivity index (χ1) is 7.42. The second kappa shape index (κ2) is 5.99. The van der Waals surface area contributed by atoms with Gasteiger partial charge in [-0.1, -0.05) is 19.3 Å². The van der Waals surface area contributed by atoms with Crippen molar-refractivity contribution in [3.05, 3.63) is 0 Å². The second-order valence-corrected chi connectivity index (χ2v) is 5.26. The maximum atomic E-state index is 10.2. The van der Waals surface area contributed by atoms with E-state index < -0.39 is 5.79 Å². The van der Waals surface area contributed by atoms with Gasteiger partial charge in [0.15, 0.2) is 5.79 Å². The van der Waals surface area contributed by atoms with Crippen LogP contribution in [0.2, 0.25) is 0 Å². The van der Waals surface area contributed by atoms with Gasteiger partial charge in [0.2, 0.25) is 0 Å². The molecule has 0 aromatic carbocycles. The van der Waals surface area contributed by atoms with Crippen molar-refractivity contribution in [3.8, 4) is 0 Å². The Bertz CT molecular complexity index is 195. The molecule has 1 N–H and O–H groups in total. The van der Waals surface area contributed by atoms with Crippen molar-refractivity contribution in [2.24, 2.45) is 0 Å². The summed E-state index contributed by atoms with van der Waals surface area (Å²) < 4.78 is 11.4. The predicted octanol–water partition coefficient (Wildman–Crippen LogP) is 2.86. The Labute approximate surface area is 99.1 Å². The molecule has 0 aromatic heterocycles. The van der Waals surface area contributed by atoms with E-state index in [0.717, 1.165) is 12.8 Å². The van der Waals surface area contributed by atoms with Crippen LogP contribution >= 0.6 is 0 Å². The van der Waals surface area contributed by atoms with Crippen LogP contribution in [0.25, 0.3) is 0 Å². The lowest BCUT2D eigenvalue weighted by atomic mass is 9.97. The Kier molecular flexibility index (Phi) is 5.22. The molecule has 3 heteroatoms. The summed E-state index contributed by atoms with van der Waals surface area (Å²) in [4.78, 5) is 0. The average Bonchev–Trinajstić information content (AvgIpc) is 2.17. The Morgan fingerprint density at radius 2 is 1.69 bits per heavy atom. The topological polar surface area (TPSA) is 38.7 Å². The van der Waals surface area contributed by atoms with E-state index in [1.165, 1.54) is 19.3 Å². The first kappa shape index (κ1) is 13.9. The summed E-state index contributed by atoms with van der Waals surface area (Å²) in [5, 5.41) is 10.2. The van der Waals surface area contributed by atoms with Crippen molar-refractivity contribution in [1.82, 2.24) is 0 Å². The van der Waals surface area contributed by atoms with Crippen LogP contribution in [0.15, 0.2) is 0 Å². The fourth-order valence-corrected chi connectivity index (χ4v) is 2.15. The zero-order valence-corrected chi connectivity index (χ0v) is 11.0. The summed E-state index contributed by atoms with van der Waals surface area (Å²) in [5.74, 6) is -1.17. The Morgan fingerprint density at radius 1 is 1.12 bits per heavy atom. The van der Waals surface area contributed by atoms with Crippen molar-refractivity contribution in [1.29, 1.82) is 0 Å². The van der Waals surface area contributed by atoms with Gasteiger partial charge in [-0.05, 0) is 40.5 Å². The highest BCUT2D eigenvalue weighted by Crippen LogP contribution is 2.26. The molecule has 0 amide bonds. The number of ether oxygens (including phenoxy) is 2. The highest BCUT2D eigenvalue weighted by atomic mass is 16.7. The van der Waals surface area contributed by atoms with Crippen LogP contribution in [0.1, 0.15) is 59.8 Å². The minimum Gasteiger partial charge on any atom is -0.370 e. The molecule has 0 aliphatic heterocycles. The largest absolute Gasteiger partial charge is 0.370 e. The first-order valence-corrected chi connectivity index (χ1v) is 6.47. The molecule has 0 spiro atoms. The fraction of sp³-hybridized carbons (Fsp3) is 1.00. The Balaban J connectivity index is 2.42. The van der Waals surface area contributed by atoms with Crippen molar-refractivity contribution >= 4 is 0 Å². The summed E-state index contributed by atoms with van der Waals surface area (Å²) in [6, 6.07) is 0. The van der Waals surface area contributed by atoms with E-state index >= 15 is 0 Å². The monoisotopic (exact) mass is 230 g/mol. The third-order valence-electron chi connectivity index (χ3n) is 3.19. The molecule has 1 aliphatic rings. The molecular weight excluding hydrogens is 204 g/mol. The quantitative estimate of drug-likeness (QED) is 0.738. The highest BCUT2D eigenvalue weighted by Gasteiger charge is 2.34. The number of hydrogen-bond acceptors (Lipinski definition) is 3. The number of rotatable bonds is 5. The third kappa shape index (κ3) is 4.40. The van der Waals surface area contributed by atoms with Crippen LogP contribution in [0, 0.1) is 0 Å². The van der Waals surface area contributed by atoms with Crippen molar-refractivity contribution < 1.29 is 14.6 Å². The van der Waals surface area contributed by atoms with E-state index in [4.69, 9.17) is 9.47 Å². The van der Waals surface area contributed by atoms with Crippen LogP contribution in [-0.2, 0) is 9.47 Å². The third-order valence-corrected chi connectivity index (χ3v) is 3.19. The molecule has 0 bridgehead atoms. The van der Waals surface area contributed by atoms with Gasteiger partial charge in [-0.25, -0.2) is 0 Å². The van der Waals surface area contributed by atoms with E-state index in [1.807, 2.05) is 20.8 Å². The van der Waals surface area contributed by atoms with Crippen LogP contribution in [-0.4, -0.2) is 29.2 Å². The van der Waals surface area contributed by atoms with Crippen LogP contribution < -0.4 is 0 Å². The van der Waals surface area contributed by atoms with Gasteiger partial charge in [0.05, 0.1) is 12.2 Å². The van der Waals surface area contributed by atoms with Gasteiger partial charge in [-0.2, -0.15) is 0 Å². The molecular formula is C13H26O3. The number of hydrogen-bond donors (Lipinski definition) is 1. The summed E-state index contributed by atoms with van der Waals surface area (Å²) >= 11 is 0. The van der Waals surface area contributed by atoms with Gasteiger partial charge in [0.1, 0.15) is 6.10 Å². The van der Waals surface area contributed by atoms with Gasteiger partial charge >= 0.3 is 0 Å². The SMILES string of the molecule is CC(C)OC(C)C(C)(O)OC1CCCCC1. The lowest BCUT2D eigenvalue weighted by molar-refractivity contribution is -0.279.